The summed E-state index contributed by atoms with van der Waals surface area (Å²) in [4.78, 5) is 11.4. The summed E-state index contributed by atoms with van der Waals surface area (Å²) in [7, 11) is 0. The number of carbonyl (C=O) groups is 1. The van der Waals surface area contributed by atoms with Crippen molar-refractivity contribution in [1.29, 1.82) is 0 Å². The van der Waals surface area contributed by atoms with Gasteiger partial charge in [0.15, 0.2) is 0 Å². The van der Waals surface area contributed by atoms with E-state index in [1.165, 1.54) is 0 Å². The van der Waals surface area contributed by atoms with Crippen molar-refractivity contribution in [2.75, 3.05) is 13.2 Å². The largest absolute Gasteiger partial charge is 0.395 e. The number of aliphatic hydroxyl groups is 1. The lowest BCUT2D eigenvalue weighted by Crippen LogP contribution is -2.47. The predicted molar refractivity (Wildman–Crippen MR) is 57.0 cm³/mol. The van der Waals surface area contributed by atoms with Crippen LogP contribution in [-0.2, 0) is 4.79 Å². The van der Waals surface area contributed by atoms with Gasteiger partial charge in [0.25, 0.3) is 0 Å². The number of rotatable bonds is 7. The van der Waals surface area contributed by atoms with Gasteiger partial charge in [-0.25, -0.2) is 0 Å². The Morgan fingerprint density at radius 2 is 2.29 bits per heavy atom. The van der Waals surface area contributed by atoms with Crippen molar-refractivity contribution in [3.05, 3.63) is 12.7 Å². The lowest BCUT2D eigenvalue weighted by atomic mass is 10.2. The Hall–Kier alpha value is -0.870. The van der Waals surface area contributed by atoms with Crippen LogP contribution in [0.3, 0.4) is 0 Å². The molecule has 1 amide bonds. The summed E-state index contributed by atoms with van der Waals surface area (Å²) in [6.45, 7) is 7.77. The highest BCUT2D eigenvalue weighted by Crippen LogP contribution is 1.92. The maximum Gasteiger partial charge on any atom is 0.237 e. The van der Waals surface area contributed by atoms with Gasteiger partial charge >= 0.3 is 0 Å². The summed E-state index contributed by atoms with van der Waals surface area (Å²) in [5.74, 6) is -0.0724. The van der Waals surface area contributed by atoms with E-state index in [0.29, 0.717) is 6.54 Å². The summed E-state index contributed by atoms with van der Waals surface area (Å²) < 4.78 is 0. The first-order valence-corrected chi connectivity index (χ1v) is 4.91. The molecule has 2 unspecified atom stereocenters. The molecule has 14 heavy (non-hydrogen) atoms. The molecular weight excluding hydrogens is 180 g/mol. The third-order valence-electron chi connectivity index (χ3n) is 2.01. The van der Waals surface area contributed by atoms with Crippen molar-refractivity contribution in [3.8, 4) is 0 Å². The molecule has 0 fully saturated rings. The molecule has 0 saturated heterocycles. The number of hydrogen-bond donors (Lipinski definition) is 3. The maximum atomic E-state index is 11.4. The molecule has 0 aromatic carbocycles. The van der Waals surface area contributed by atoms with Gasteiger partial charge in [0, 0.05) is 12.6 Å². The predicted octanol–water partition coefficient (Wildman–Crippen LogP) is 0.0376. The molecule has 3 N–H and O–H groups in total. The van der Waals surface area contributed by atoms with Crippen LogP contribution in [0.2, 0.25) is 0 Å². The number of amides is 1. The fourth-order valence-electron chi connectivity index (χ4n) is 1.05. The summed E-state index contributed by atoms with van der Waals surface area (Å²) in [6, 6.07) is -0.300. The molecule has 0 aliphatic rings. The van der Waals surface area contributed by atoms with Gasteiger partial charge in [0.2, 0.25) is 5.91 Å². The van der Waals surface area contributed by atoms with Gasteiger partial charge in [0.05, 0.1) is 12.6 Å². The molecule has 0 heterocycles. The van der Waals surface area contributed by atoms with Crippen LogP contribution >= 0.6 is 0 Å². The lowest BCUT2D eigenvalue weighted by molar-refractivity contribution is -0.122. The molecule has 4 heteroatoms. The number of aliphatic hydroxyl groups excluding tert-OH is 1. The smallest absolute Gasteiger partial charge is 0.237 e. The van der Waals surface area contributed by atoms with Gasteiger partial charge < -0.3 is 15.7 Å². The third kappa shape index (κ3) is 4.99. The Morgan fingerprint density at radius 1 is 1.64 bits per heavy atom. The molecular formula is C10H20N2O2. The van der Waals surface area contributed by atoms with Gasteiger partial charge in [-0.3, -0.25) is 4.79 Å². The first-order valence-electron chi connectivity index (χ1n) is 4.91. The summed E-state index contributed by atoms with van der Waals surface area (Å²) >= 11 is 0. The van der Waals surface area contributed by atoms with Crippen molar-refractivity contribution in [2.45, 2.75) is 32.4 Å². The van der Waals surface area contributed by atoms with E-state index in [4.69, 9.17) is 5.11 Å². The zero-order chi connectivity index (χ0) is 11.0. The highest BCUT2D eigenvalue weighted by atomic mass is 16.3. The van der Waals surface area contributed by atoms with E-state index in [1.807, 2.05) is 6.92 Å². The van der Waals surface area contributed by atoms with Gasteiger partial charge in [-0.2, -0.15) is 0 Å². The minimum atomic E-state index is -0.285. The van der Waals surface area contributed by atoms with Crippen LogP contribution in [0.5, 0.6) is 0 Å². The van der Waals surface area contributed by atoms with Gasteiger partial charge in [0.1, 0.15) is 0 Å². The van der Waals surface area contributed by atoms with Crippen LogP contribution in [0, 0.1) is 0 Å². The SMILES string of the molecule is C=CCNC(=O)C(C)NC(CC)CO. The highest BCUT2D eigenvalue weighted by molar-refractivity contribution is 5.81. The Kier molecular flexibility index (Phi) is 7.06. The highest BCUT2D eigenvalue weighted by Gasteiger charge is 2.14. The minimum Gasteiger partial charge on any atom is -0.395 e. The standard InChI is InChI=1S/C10H20N2O2/c1-4-6-11-10(14)8(3)12-9(5-2)7-13/h4,8-9,12-13H,1,5-7H2,2-3H3,(H,11,14). The normalized spacial score (nSPS) is 14.5. The quantitative estimate of drug-likeness (QED) is 0.508. The fourth-order valence-corrected chi connectivity index (χ4v) is 1.05. The number of carbonyl (C=O) groups excluding carboxylic acids is 1. The van der Waals surface area contributed by atoms with Crippen molar-refractivity contribution in [1.82, 2.24) is 10.6 Å². The summed E-state index contributed by atoms with van der Waals surface area (Å²) in [5.41, 5.74) is 0. The van der Waals surface area contributed by atoms with E-state index in [0.717, 1.165) is 6.42 Å². The van der Waals surface area contributed by atoms with E-state index in [2.05, 4.69) is 17.2 Å². The van der Waals surface area contributed by atoms with Crippen molar-refractivity contribution < 1.29 is 9.90 Å². The van der Waals surface area contributed by atoms with Gasteiger partial charge in [-0.15, -0.1) is 6.58 Å². The lowest BCUT2D eigenvalue weighted by Gasteiger charge is -2.19. The molecule has 0 spiro atoms. The zero-order valence-electron chi connectivity index (χ0n) is 8.92. The molecule has 0 saturated carbocycles. The molecule has 0 bridgehead atoms. The van der Waals surface area contributed by atoms with E-state index in [9.17, 15) is 4.79 Å². The summed E-state index contributed by atoms with van der Waals surface area (Å²) in [6.07, 6.45) is 2.43. The molecule has 0 aromatic rings. The van der Waals surface area contributed by atoms with Gasteiger partial charge in [-0.1, -0.05) is 13.0 Å². The van der Waals surface area contributed by atoms with E-state index in [-0.39, 0.29) is 24.6 Å². The number of nitrogens with one attached hydrogen (secondary N) is 2. The fraction of sp³-hybridized carbons (Fsp3) is 0.700. The zero-order valence-corrected chi connectivity index (χ0v) is 8.92. The average molecular weight is 200 g/mol. The molecule has 4 nitrogen and oxygen atoms in total. The monoisotopic (exact) mass is 200 g/mol. The van der Waals surface area contributed by atoms with Crippen LogP contribution in [0.4, 0.5) is 0 Å². The van der Waals surface area contributed by atoms with Crippen LogP contribution in [0.1, 0.15) is 20.3 Å². The van der Waals surface area contributed by atoms with Crippen molar-refractivity contribution in [3.63, 3.8) is 0 Å². The van der Waals surface area contributed by atoms with Gasteiger partial charge in [-0.05, 0) is 13.3 Å². The van der Waals surface area contributed by atoms with Crippen LogP contribution < -0.4 is 10.6 Å². The minimum absolute atomic E-state index is 0.0144. The van der Waals surface area contributed by atoms with E-state index in [1.54, 1.807) is 13.0 Å². The van der Waals surface area contributed by atoms with Crippen LogP contribution in [-0.4, -0.2) is 36.2 Å². The van der Waals surface area contributed by atoms with E-state index < -0.39 is 0 Å². The number of hydrogen-bond acceptors (Lipinski definition) is 3. The third-order valence-corrected chi connectivity index (χ3v) is 2.01. The first kappa shape index (κ1) is 13.1. The second kappa shape index (κ2) is 7.53. The Morgan fingerprint density at radius 3 is 2.71 bits per heavy atom. The molecule has 82 valence electrons. The maximum absolute atomic E-state index is 11.4. The Bertz CT molecular complexity index is 179. The molecule has 0 aliphatic carbocycles. The second-order valence-electron chi connectivity index (χ2n) is 3.21. The topological polar surface area (TPSA) is 61.4 Å². The average Bonchev–Trinajstić information content (AvgIpc) is 2.21. The first-order chi connectivity index (χ1) is 6.65. The van der Waals surface area contributed by atoms with Crippen molar-refractivity contribution in [2.24, 2.45) is 0 Å². The van der Waals surface area contributed by atoms with Crippen LogP contribution in [0.15, 0.2) is 12.7 Å². The van der Waals surface area contributed by atoms with Crippen molar-refractivity contribution >= 4 is 5.91 Å². The summed E-state index contributed by atoms with van der Waals surface area (Å²) in [5, 5.41) is 14.6. The molecule has 0 aromatic heterocycles. The molecule has 2 atom stereocenters. The van der Waals surface area contributed by atoms with Crippen LogP contribution in [0.25, 0.3) is 0 Å². The molecule has 0 radical (unpaired) electrons. The molecule has 0 rings (SSSR count). The Labute approximate surface area is 85.4 Å². The molecule has 0 aliphatic heterocycles. The Balaban J connectivity index is 3.86. The second-order valence-corrected chi connectivity index (χ2v) is 3.21. The van der Waals surface area contributed by atoms with E-state index >= 15 is 0 Å².